The van der Waals surface area contributed by atoms with Gasteiger partial charge in [-0.1, -0.05) is 20.3 Å². The van der Waals surface area contributed by atoms with Crippen LogP contribution in [-0.2, 0) is 0 Å². The Bertz CT molecular complexity index is 276. The molecule has 2 atom stereocenters. The van der Waals surface area contributed by atoms with Gasteiger partial charge >= 0.3 is 0 Å². The fraction of sp³-hybridized carbons (Fsp3) is 1.00. The lowest BCUT2D eigenvalue weighted by Gasteiger charge is -2.46. The predicted octanol–water partition coefficient (Wildman–Crippen LogP) is 2.78. The van der Waals surface area contributed by atoms with Crippen LogP contribution in [0.1, 0.15) is 65.2 Å². The van der Waals surface area contributed by atoms with Crippen LogP contribution in [0.2, 0.25) is 0 Å². The highest BCUT2D eigenvalue weighted by Gasteiger charge is 2.38. The molecule has 0 spiro atoms. The summed E-state index contributed by atoms with van der Waals surface area (Å²) >= 11 is 0. The highest BCUT2D eigenvalue weighted by atomic mass is 16.3. The second-order valence-electron chi connectivity index (χ2n) is 7.00. The molecule has 20 heavy (non-hydrogen) atoms. The van der Waals surface area contributed by atoms with Crippen molar-refractivity contribution in [3.05, 3.63) is 0 Å². The molecule has 3 heteroatoms. The maximum absolute atomic E-state index is 9.88. The van der Waals surface area contributed by atoms with Crippen LogP contribution in [0.15, 0.2) is 0 Å². The summed E-state index contributed by atoms with van der Waals surface area (Å²) in [6, 6.07) is 0.693. The summed E-state index contributed by atoms with van der Waals surface area (Å²) < 4.78 is 0. The fourth-order valence-corrected chi connectivity index (χ4v) is 4.12. The Labute approximate surface area is 125 Å². The molecule has 0 aromatic carbocycles. The van der Waals surface area contributed by atoms with E-state index in [9.17, 15) is 5.11 Å². The molecule has 2 rings (SSSR count). The van der Waals surface area contributed by atoms with Gasteiger partial charge in [-0.15, -0.1) is 0 Å². The fourth-order valence-electron chi connectivity index (χ4n) is 4.12. The molecular weight excluding hydrogens is 248 g/mol. The lowest BCUT2D eigenvalue weighted by Crippen LogP contribution is -2.56. The van der Waals surface area contributed by atoms with Crippen molar-refractivity contribution in [2.45, 2.75) is 76.8 Å². The van der Waals surface area contributed by atoms with Gasteiger partial charge in [0.1, 0.15) is 0 Å². The number of rotatable bonds is 6. The van der Waals surface area contributed by atoms with E-state index in [1.54, 1.807) is 0 Å². The zero-order valence-corrected chi connectivity index (χ0v) is 13.5. The molecule has 2 N–H and O–H groups in total. The van der Waals surface area contributed by atoms with E-state index >= 15 is 0 Å². The molecular formula is C17H34N2O. The number of hydrogen-bond donors (Lipinski definition) is 2. The molecule has 2 fully saturated rings. The summed E-state index contributed by atoms with van der Waals surface area (Å²) in [7, 11) is 0. The Kier molecular flexibility index (Phi) is 6.31. The van der Waals surface area contributed by atoms with E-state index in [-0.39, 0.29) is 5.54 Å². The van der Waals surface area contributed by atoms with Crippen LogP contribution >= 0.6 is 0 Å². The topological polar surface area (TPSA) is 35.5 Å². The average molecular weight is 282 g/mol. The third kappa shape index (κ3) is 3.96. The van der Waals surface area contributed by atoms with Gasteiger partial charge < -0.3 is 15.3 Å². The van der Waals surface area contributed by atoms with Crippen LogP contribution < -0.4 is 5.32 Å². The van der Waals surface area contributed by atoms with Gasteiger partial charge in [0.2, 0.25) is 0 Å². The summed E-state index contributed by atoms with van der Waals surface area (Å²) in [4.78, 5) is 2.71. The molecule has 0 bridgehead atoms. The molecule has 1 aliphatic heterocycles. The Balaban J connectivity index is 1.89. The molecule has 0 aromatic heterocycles. The summed E-state index contributed by atoms with van der Waals surface area (Å²) in [5.74, 6) is 0.954. The lowest BCUT2D eigenvalue weighted by molar-refractivity contribution is 0.0423. The van der Waals surface area contributed by atoms with E-state index in [4.69, 9.17) is 0 Å². The van der Waals surface area contributed by atoms with E-state index in [0.717, 1.165) is 31.7 Å². The highest BCUT2D eigenvalue weighted by molar-refractivity contribution is 4.97. The quantitative estimate of drug-likeness (QED) is 0.786. The van der Waals surface area contributed by atoms with Gasteiger partial charge in [0.15, 0.2) is 0 Å². The number of nitrogens with one attached hydrogen (secondary N) is 1. The lowest BCUT2D eigenvalue weighted by atomic mass is 9.78. The average Bonchev–Trinajstić information content (AvgIpc) is 2.53. The Morgan fingerprint density at radius 3 is 2.55 bits per heavy atom. The summed E-state index contributed by atoms with van der Waals surface area (Å²) in [5, 5.41) is 13.5. The zero-order chi connectivity index (χ0) is 14.4. The molecule has 1 heterocycles. The van der Waals surface area contributed by atoms with Crippen LogP contribution in [-0.4, -0.2) is 47.8 Å². The van der Waals surface area contributed by atoms with Gasteiger partial charge in [0.25, 0.3) is 0 Å². The number of hydrogen-bond acceptors (Lipinski definition) is 3. The molecule has 1 saturated heterocycles. The normalized spacial score (nSPS) is 33.5. The van der Waals surface area contributed by atoms with Crippen molar-refractivity contribution in [1.29, 1.82) is 0 Å². The Morgan fingerprint density at radius 1 is 1.20 bits per heavy atom. The summed E-state index contributed by atoms with van der Waals surface area (Å²) in [6.45, 7) is 8.41. The first-order valence-corrected chi connectivity index (χ1v) is 8.83. The molecule has 2 aliphatic rings. The zero-order valence-electron chi connectivity index (χ0n) is 13.5. The Morgan fingerprint density at radius 2 is 1.95 bits per heavy atom. The molecule has 1 aliphatic carbocycles. The Hall–Kier alpha value is -0.120. The molecule has 0 amide bonds. The SMILES string of the molecule is CCCNC1(CO)CCCC(N2CCC(CC)CC2)C1. The minimum Gasteiger partial charge on any atom is -0.394 e. The number of aliphatic hydroxyl groups excluding tert-OH is 1. The van der Waals surface area contributed by atoms with Crippen LogP contribution in [0.5, 0.6) is 0 Å². The maximum Gasteiger partial charge on any atom is 0.0613 e. The number of piperidine rings is 1. The van der Waals surface area contributed by atoms with Crippen LogP contribution in [0.3, 0.4) is 0 Å². The van der Waals surface area contributed by atoms with Crippen molar-refractivity contribution in [3.63, 3.8) is 0 Å². The van der Waals surface area contributed by atoms with Gasteiger partial charge in [0, 0.05) is 11.6 Å². The monoisotopic (exact) mass is 282 g/mol. The van der Waals surface area contributed by atoms with E-state index < -0.39 is 0 Å². The van der Waals surface area contributed by atoms with Gasteiger partial charge in [-0.25, -0.2) is 0 Å². The smallest absolute Gasteiger partial charge is 0.0613 e. The summed E-state index contributed by atoms with van der Waals surface area (Å²) in [5.41, 5.74) is 0.000527. The summed E-state index contributed by atoms with van der Waals surface area (Å²) in [6.07, 6.45) is 10.1. The molecule has 0 aromatic rings. The van der Waals surface area contributed by atoms with Crippen LogP contribution in [0, 0.1) is 5.92 Å². The number of aliphatic hydroxyl groups is 1. The first kappa shape index (κ1) is 16.3. The van der Waals surface area contributed by atoms with Crippen molar-refractivity contribution >= 4 is 0 Å². The predicted molar refractivity (Wildman–Crippen MR) is 85.0 cm³/mol. The largest absolute Gasteiger partial charge is 0.394 e. The van der Waals surface area contributed by atoms with E-state index in [1.807, 2.05) is 0 Å². The van der Waals surface area contributed by atoms with Crippen LogP contribution in [0.25, 0.3) is 0 Å². The molecule has 1 saturated carbocycles. The van der Waals surface area contributed by atoms with E-state index in [1.165, 1.54) is 45.2 Å². The standard InChI is InChI=1S/C17H34N2O/c1-3-10-18-17(14-20)9-5-6-16(13-17)19-11-7-15(4-2)8-12-19/h15-16,18,20H,3-14H2,1-2H3. The highest BCUT2D eigenvalue weighted by Crippen LogP contribution is 2.33. The molecule has 0 radical (unpaired) electrons. The first-order chi connectivity index (χ1) is 9.73. The van der Waals surface area contributed by atoms with Gasteiger partial charge in [-0.2, -0.15) is 0 Å². The maximum atomic E-state index is 9.88. The minimum absolute atomic E-state index is 0.000527. The molecule has 3 nitrogen and oxygen atoms in total. The van der Waals surface area contributed by atoms with E-state index in [0.29, 0.717) is 12.6 Å². The second kappa shape index (κ2) is 7.77. The van der Waals surface area contributed by atoms with E-state index in [2.05, 4.69) is 24.1 Å². The third-order valence-corrected chi connectivity index (χ3v) is 5.61. The van der Waals surface area contributed by atoms with Gasteiger partial charge in [0.05, 0.1) is 6.61 Å². The molecule has 118 valence electrons. The van der Waals surface area contributed by atoms with Crippen molar-refractivity contribution in [1.82, 2.24) is 10.2 Å². The minimum atomic E-state index is 0.000527. The first-order valence-electron chi connectivity index (χ1n) is 8.83. The van der Waals surface area contributed by atoms with Gasteiger partial charge in [-0.3, -0.25) is 0 Å². The third-order valence-electron chi connectivity index (χ3n) is 5.61. The number of likely N-dealkylation sites (tertiary alicyclic amines) is 1. The van der Waals surface area contributed by atoms with Crippen LogP contribution in [0.4, 0.5) is 0 Å². The van der Waals surface area contributed by atoms with Gasteiger partial charge in [-0.05, 0) is 70.5 Å². The van der Waals surface area contributed by atoms with Crippen molar-refractivity contribution < 1.29 is 5.11 Å². The van der Waals surface area contributed by atoms with Crippen molar-refractivity contribution in [3.8, 4) is 0 Å². The van der Waals surface area contributed by atoms with Crippen molar-refractivity contribution in [2.24, 2.45) is 5.92 Å². The van der Waals surface area contributed by atoms with Crippen molar-refractivity contribution in [2.75, 3.05) is 26.2 Å². The second-order valence-corrected chi connectivity index (χ2v) is 7.00. The molecule has 2 unspecified atom stereocenters. The number of nitrogens with zero attached hydrogens (tertiary/aromatic N) is 1.